The Hall–Kier alpha value is -1.30. The van der Waals surface area contributed by atoms with Crippen molar-refractivity contribution in [1.82, 2.24) is 0 Å². The van der Waals surface area contributed by atoms with Crippen LogP contribution >= 0.6 is 22.7 Å². The molecule has 23 heavy (non-hydrogen) atoms. The van der Waals surface area contributed by atoms with E-state index >= 15 is 0 Å². The molecule has 5 atom stereocenters. The van der Waals surface area contributed by atoms with E-state index < -0.39 is 5.92 Å². The zero-order valence-corrected chi connectivity index (χ0v) is 14.3. The molecule has 0 aromatic carbocycles. The number of hydrogen-bond acceptors (Lipinski definition) is 5. The van der Waals surface area contributed by atoms with Gasteiger partial charge in [0.2, 0.25) is 0 Å². The van der Waals surface area contributed by atoms with Crippen molar-refractivity contribution in [2.45, 2.75) is 37.9 Å². The molecule has 0 spiro atoms. The van der Waals surface area contributed by atoms with Gasteiger partial charge in [0.1, 0.15) is 5.92 Å². The number of carbonyl (C=O) groups is 2. The van der Waals surface area contributed by atoms with E-state index in [0.717, 1.165) is 28.2 Å². The first-order chi connectivity index (χ1) is 11.1. The van der Waals surface area contributed by atoms with Crippen molar-refractivity contribution in [2.24, 2.45) is 11.8 Å². The molecule has 3 fully saturated rings. The summed E-state index contributed by atoms with van der Waals surface area (Å²) in [6.45, 7) is 2.02. The summed E-state index contributed by atoms with van der Waals surface area (Å²) in [6.07, 6.45) is 1.84. The van der Waals surface area contributed by atoms with Crippen molar-refractivity contribution in [1.29, 1.82) is 0 Å². The summed E-state index contributed by atoms with van der Waals surface area (Å²) in [6, 6.07) is 6.18. The third-order valence-corrected chi connectivity index (χ3v) is 7.66. The highest BCUT2D eigenvalue weighted by Crippen LogP contribution is 2.53. The summed E-state index contributed by atoms with van der Waals surface area (Å²) in [5, 5.41) is 2.05. The van der Waals surface area contributed by atoms with E-state index in [9.17, 15) is 9.59 Å². The van der Waals surface area contributed by atoms with E-state index in [-0.39, 0.29) is 35.6 Å². The third-order valence-electron chi connectivity index (χ3n) is 5.53. The molecule has 2 aromatic heterocycles. The van der Waals surface area contributed by atoms with Gasteiger partial charge in [0, 0.05) is 14.6 Å². The van der Waals surface area contributed by atoms with Crippen LogP contribution in [-0.4, -0.2) is 23.8 Å². The SMILES string of the molecule is Cc1sc(-c2cccs2)cc1C1C(=O)[C@@H]2C3CCC(O3)[C@@H]2C1=O. The van der Waals surface area contributed by atoms with Gasteiger partial charge in [0.05, 0.1) is 24.0 Å². The van der Waals surface area contributed by atoms with E-state index in [2.05, 4.69) is 17.5 Å². The van der Waals surface area contributed by atoms with Gasteiger partial charge in [-0.05, 0) is 42.8 Å². The molecule has 4 heterocycles. The number of thiophene rings is 2. The Bertz CT molecular complexity index is 776. The van der Waals surface area contributed by atoms with Crippen molar-refractivity contribution in [3.05, 3.63) is 34.0 Å². The zero-order chi connectivity index (χ0) is 15.7. The quantitative estimate of drug-likeness (QED) is 0.778. The molecular formula is C18H16O3S2. The van der Waals surface area contributed by atoms with E-state index in [4.69, 9.17) is 4.74 Å². The second kappa shape index (κ2) is 4.85. The van der Waals surface area contributed by atoms with E-state index in [1.807, 2.05) is 13.0 Å². The average molecular weight is 344 g/mol. The molecular weight excluding hydrogens is 328 g/mol. The van der Waals surface area contributed by atoms with Crippen molar-refractivity contribution in [2.75, 3.05) is 0 Å². The number of aryl methyl sites for hydroxylation is 1. The molecule has 0 radical (unpaired) electrons. The van der Waals surface area contributed by atoms with Gasteiger partial charge in [-0.25, -0.2) is 0 Å². The largest absolute Gasteiger partial charge is 0.373 e. The Labute approximate surface area is 142 Å². The van der Waals surface area contributed by atoms with E-state index in [1.54, 1.807) is 22.7 Å². The molecule has 0 amide bonds. The van der Waals surface area contributed by atoms with Gasteiger partial charge in [0.25, 0.3) is 0 Å². The van der Waals surface area contributed by atoms with Crippen LogP contribution in [0.2, 0.25) is 0 Å². The Morgan fingerprint density at radius 1 is 1.09 bits per heavy atom. The second-order valence-corrected chi connectivity index (χ2v) is 8.88. The van der Waals surface area contributed by atoms with Crippen LogP contribution < -0.4 is 0 Å². The molecule has 3 unspecified atom stereocenters. The minimum Gasteiger partial charge on any atom is -0.373 e. The van der Waals surface area contributed by atoms with Crippen LogP contribution in [0.3, 0.4) is 0 Å². The maximum atomic E-state index is 12.9. The number of carbonyl (C=O) groups excluding carboxylic acids is 2. The molecule has 0 N–H and O–H groups in total. The Morgan fingerprint density at radius 3 is 2.39 bits per heavy atom. The minimum atomic E-state index is -0.554. The maximum absolute atomic E-state index is 12.9. The molecule has 2 aliphatic heterocycles. The number of ketones is 2. The third kappa shape index (κ3) is 1.84. The molecule has 1 aliphatic carbocycles. The maximum Gasteiger partial charge on any atom is 0.154 e. The van der Waals surface area contributed by atoms with Crippen LogP contribution in [0.15, 0.2) is 23.6 Å². The number of rotatable bonds is 2. The molecule has 3 aliphatic rings. The number of ether oxygens (including phenoxy) is 1. The lowest BCUT2D eigenvalue weighted by molar-refractivity contribution is -0.127. The number of Topliss-reactive ketones (excluding diaryl/α,β-unsaturated/α-hetero) is 2. The fraction of sp³-hybridized carbons (Fsp3) is 0.444. The summed E-state index contributed by atoms with van der Waals surface area (Å²) in [4.78, 5) is 29.3. The molecule has 2 bridgehead atoms. The second-order valence-electron chi connectivity index (χ2n) is 6.68. The van der Waals surface area contributed by atoms with Gasteiger partial charge in [-0.3, -0.25) is 9.59 Å². The number of fused-ring (bicyclic) bond motifs is 5. The fourth-order valence-corrected chi connectivity index (χ4v) is 6.44. The Balaban J connectivity index is 1.55. The highest BCUT2D eigenvalue weighted by molar-refractivity contribution is 7.21. The summed E-state index contributed by atoms with van der Waals surface area (Å²) in [5.74, 6) is -0.718. The van der Waals surface area contributed by atoms with Gasteiger partial charge in [-0.1, -0.05) is 6.07 Å². The van der Waals surface area contributed by atoms with Gasteiger partial charge < -0.3 is 4.74 Å². The van der Waals surface area contributed by atoms with Crippen LogP contribution in [0.5, 0.6) is 0 Å². The topological polar surface area (TPSA) is 43.4 Å². The molecule has 1 saturated carbocycles. The summed E-state index contributed by atoms with van der Waals surface area (Å²) < 4.78 is 5.82. The van der Waals surface area contributed by atoms with Crippen LogP contribution in [0.1, 0.15) is 29.2 Å². The first-order valence-corrected chi connectivity index (χ1v) is 9.72. The van der Waals surface area contributed by atoms with Gasteiger partial charge >= 0.3 is 0 Å². The summed E-state index contributed by atoms with van der Waals surface area (Å²) in [5.41, 5.74) is 0.933. The lowest BCUT2D eigenvalue weighted by atomic mass is 9.81. The number of hydrogen-bond donors (Lipinski definition) is 0. The molecule has 118 valence electrons. The van der Waals surface area contributed by atoms with Crippen molar-refractivity contribution in [3.63, 3.8) is 0 Å². The highest BCUT2D eigenvalue weighted by Gasteiger charge is 2.63. The van der Waals surface area contributed by atoms with Crippen LogP contribution in [0, 0.1) is 18.8 Å². The van der Waals surface area contributed by atoms with Crippen molar-refractivity contribution < 1.29 is 14.3 Å². The average Bonchev–Trinajstić information content (AvgIpc) is 3.30. The first-order valence-electron chi connectivity index (χ1n) is 8.02. The smallest absolute Gasteiger partial charge is 0.154 e. The first kappa shape index (κ1) is 14.1. The summed E-state index contributed by atoms with van der Waals surface area (Å²) >= 11 is 3.37. The Morgan fingerprint density at radius 2 is 1.78 bits per heavy atom. The molecule has 5 rings (SSSR count). The van der Waals surface area contributed by atoms with Crippen LogP contribution in [0.25, 0.3) is 9.75 Å². The summed E-state index contributed by atoms with van der Waals surface area (Å²) in [7, 11) is 0. The molecule has 2 aromatic rings. The Kier molecular flexibility index (Phi) is 2.97. The predicted molar refractivity (Wildman–Crippen MR) is 90.0 cm³/mol. The monoisotopic (exact) mass is 344 g/mol. The van der Waals surface area contributed by atoms with Crippen molar-refractivity contribution in [3.8, 4) is 9.75 Å². The van der Waals surface area contributed by atoms with Gasteiger partial charge in [-0.2, -0.15) is 0 Å². The highest BCUT2D eigenvalue weighted by atomic mass is 32.1. The van der Waals surface area contributed by atoms with Crippen molar-refractivity contribution >= 4 is 34.2 Å². The van der Waals surface area contributed by atoms with E-state index in [0.29, 0.717) is 0 Å². The molecule has 3 nitrogen and oxygen atoms in total. The minimum absolute atomic E-state index is 0.0119. The normalized spacial score (nSPS) is 35.3. The molecule has 2 saturated heterocycles. The molecule has 5 heteroatoms. The standard InChI is InChI=1S/C18H16O3S2/c1-8-9(7-13(23-8)12-3-2-6-22-12)14-17(19)15-10-4-5-11(21-10)16(15)18(14)20/h2-3,6-7,10-11,14-16H,4-5H2,1H3/t10?,11?,14?,15-,16+. The lowest BCUT2D eigenvalue weighted by Crippen LogP contribution is -2.29. The van der Waals surface area contributed by atoms with Gasteiger partial charge in [0.15, 0.2) is 11.6 Å². The zero-order valence-electron chi connectivity index (χ0n) is 12.7. The van der Waals surface area contributed by atoms with Crippen LogP contribution in [-0.2, 0) is 14.3 Å². The van der Waals surface area contributed by atoms with E-state index in [1.165, 1.54) is 4.88 Å². The lowest BCUT2D eigenvalue weighted by Gasteiger charge is -2.16. The predicted octanol–water partition coefficient (Wildman–Crippen LogP) is 3.81. The van der Waals surface area contributed by atoms with Gasteiger partial charge in [-0.15, -0.1) is 22.7 Å². The van der Waals surface area contributed by atoms with Crippen LogP contribution in [0.4, 0.5) is 0 Å². The fourth-order valence-electron chi connectivity index (χ4n) is 4.56.